The van der Waals surface area contributed by atoms with Gasteiger partial charge >= 0.3 is 5.97 Å². The van der Waals surface area contributed by atoms with Gasteiger partial charge in [0.25, 0.3) is 0 Å². The summed E-state index contributed by atoms with van der Waals surface area (Å²) in [5.74, 6) is -1.07. The molecule has 0 rings (SSSR count). The fourth-order valence-corrected chi connectivity index (χ4v) is 0.587. The molecule has 74 valence electrons. The van der Waals surface area contributed by atoms with Gasteiger partial charge < -0.3 is 15.7 Å². The lowest BCUT2D eigenvalue weighted by Gasteiger charge is -1.99. The predicted octanol–water partition coefficient (Wildman–Crippen LogP) is -0.647. The topological polar surface area (TPSA) is 78.4 Å². The number of hydrogen-bond acceptors (Lipinski definition) is 3. The van der Waals surface area contributed by atoms with Gasteiger partial charge in [-0.2, -0.15) is 0 Å². The maximum atomic E-state index is 10.7. The molecule has 0 aliphatic carbocycles. The summed E-state index contributed by atoms with van der Waals surface area (Å²) in [5.41, 5.74) is 0.268. The van der Waals surface area contributed by atoms with E-state index in [9.17, 15) is 9.59 Å². The van der Waals surface area contributed by atoms with Crippen LogP contribution in [0.15, 0.2) is 11.6 Å². The Morgan fingerprint density at radius 2 is 2.08 bits per heavy atom. The second-order valence-electron chi connectivity index (χ2n) is 2.50. The van der Waals surface area contributed by atoms with Gasteiger partial charge in [0.15, 0.2) is 0 Å². The van der Waals surface area contributed by atoms with Crippen LogP contribution in [0.3, 0.4) is 0 Å². The van der Waals surface area contributed by atoms with Crippen LogP contribution in [0.25, 0.3) is 0 Å². The van der Waals surface area contributed by atoms with Crippen LogP contribution in [0.4, 0.5) is 0 Å². The molecule has 0 atom stereocenters. The molecular formula is C8H14N2O3. The molecule has 0 aromatic carbocycles. The summed E-state index contributed by atoms with van der Waals surface area (Å²) >= 11 is 0. The lowest BCUT2D eigenvalue weighted by molar-refractivity contribution is -0.132. The highest BCUT2D eigenvalue weighted by Gasteiger charge is 1.98. The standard InChI is InChI=1S/C8H14N2O3/c1-6(8(12)13)3-4-10-5-7(11)9-2/h3,10H,4-5H2,1-2H3,(H,9,11)(H,12,13)/b6-3-. The zero-order valence-electron chi connectivity index (χ0n) is 7.76. The highest BCUT2D eigenvalue weighted by atomic mass is 16.4. The van der Waals surface area contributed by atoms with Crippen LogP contribution in [0.1, 0.15) is 6.92 Å². The van der Waals surface area contributed by atoms with Crippen molar-refractivity contribution >= 4 is 11.9 Å². The van der Waals surface area contributed by atoms with Crippen LogP contribution in [-0.2, 0) is 9.59 Å². The molecule has 0 bridgehead atoms. The molecule has 0 saturated heterocycles. The van der Waals surface area contributed by atoms with Gasteiger partial charge in [-0.1, -0.05) is 6.08 Å². The van der Waals surface area contributed by atoms with E-state index in [4.69, 9.17) is 5.11 Å². The Hall–Kier alpha value is -1.36. The molecule has 0 aromatic rings. The lowest BCUT2D eigenvalue weighted by Crippen LogP contribution is -2.31. The molecule has 1 amide bonds. The van der Waals surface area contributed by atoms with Crippen LogP contribution in [0.2, 0.25) is 0 Å². The number of aliphatic carboxylic acids is 1. The van der Waals surface area contributed by atoms with E-state index in [1.165, 1.54) is 13.0 Å². The Morgan fingerprint density at radius 3 is 2.54 bits per heavy atom. The quantitative estimate of drug-likeness (QED) is 0.394. The second-order valence-corrected chi connectivity index (χ2v) is 2.50. The summed E-state index contributed by atoms with van der Waals surface area (Å²) in [4.78, 5) is 21.0. The van der Waals surface area contributed by atoms with E-state index in [1.807, 2.05) is 0 Å². The van der Waals surface area contributed by atoms with E-state index in [0.29, 0.717) is 6.54 Å². The highest BCUT2D eigenvalue weighted by molar-refractivity contribution is 5.85. The molecule has 0 unspecified atom stereocenters. The van der Waals surface area contributed by atoms with Crippen molar-refractivity contribution in [3.05, 3.63) is 11.6 Å². The summed E-state index contributed by atoms with van der Waals surface area (Å²) in [7, 11) is 1.54. The van der Waals surface area contributed by atoms with Crippen molar-refractivity contribution in [1.82, 2.24) is 10.6 Å². The molecule has 0 aliphatic rings. The Morgan fingerprint density at radius 1 is 1.46 bits per heavy atom. The van der Waals surface area contributed by atoms with Crippen LogP contribution < -0.4 is 10.6 Å². The first-order valence-corrected chi connectivity index (χ1v) is 3.89. The monoisotopic (exact) mass is 186 g/mol. The Labute approximate surface area is 76.8 Å². The summed E-state index contributed by atoms with van der Waals surface area (Å²) in [6.07, 6.45) is 1.52. The third-order valence-electron chi connectivity index (χ3n) is 1.45. The first-order valence-electron chi connectivity index (χ1n) is 3.89. The van der Waals surface area contributed by atoms with E-state index in [1.54, 1.807) is 7.05 Å². The van der Waals surface area contributed by atoms with Gasteiger partial charge in [0.1, 0.15) is 0 Å². The van der Waals surface area contributed by atoms with Crippen molar-refractivity contribution in [3.63, 3.8) is 0 Å². The molecule has 13 heavy (non-hydrogen) atoms. The molecule has 0 aliphatic heterocycles. The number of hydrogen-bond donors (Lipinski definition) is 3. The average Bonchev–Trinajstić information content (AvgIpc) is 2.11. The van der Waals surface area contributed by atoms with Crippen LogP contribution in [0.5, 0.6) is 0 Å². The fourth-order valence-electron chi connectivity index (χ4n) is 0.587. The van der Waals surface area contributed by atoms with E-state index in [2.05, 4.69) is 10.6 Å². The largest absolute Gasteiger partial charge is 0.478 e. The van der Waals surface area contributed by atoms with Gasteiger partial charge in [-0.15, -0.1) is 0 Å². The van der Waals surface area contributed by atoms with Crippen LogP contribution in [-0.4, -0.2) is 37.1 Å². The zero-order chi connectivity index (χ0) is 10.3. The molecule has 0 aromatic heterocycles. The molecule has 5 heteroatoms. The normalized spacial score (nSPS) is 11.1. The fraction of sp³-hybridized carbons (Fsp3) is 0.500. The zero-order valence-corrected chi connectivity index (χ0v) is 7.76. The third-order valence-corrected chi connectivity index (χ3v) is 1.45. The predicted molar refractivity (Wildman–Crippen MR) is 48.3 cm³/mol. The number of carboxylic acids is 1. The number of likely N-dealkylation sites (N-methyl/N-ethyl adjacent to an activating group) is 1. The molecular weight excluding hydrogens is 172 g/mol. The number of nitrogens with one attached hydrogen (secondary N) is 2. The Bertz CT molecular complexity index is 223. The van der Waals surface area contributed by atoms with E-state index >= 15 is 0 Å². The van der Waals surface area contributed by atoms with Gasteiger partial charge in [0.05, 0.1) is 6.54 Å². The number of carboxylic acid groups (broad SMARTS) is 1. The minimum atomic E-state index is -0.943. The number of carbonyl (C=O) groups excluding carboxylic acids is 1. The van der Waals surface area contributed by atoms with Gasteiger partial charge in [-0.25, -0.2) is 4.79 Å². The van der Waals surface area contributed by atoms with Crippen LogP contribution in [0, 0.1) is 0 Å². The number of rotatable bonds is 5. The first-order chi connectivity index (χ1) is 6.07. The SMILES string of the molecule is CNC(=O)CNC/C=C(/C)C(=O)O. The van der Waals surface area contributed by atoms with Gasteiger partial charge in [0.2, 0.25) is 5.91 Å². The molecule has 0 saturated carbocycles. The third kappa shape index (κ3) is 5.86. The average molecular weight is 186 g/mol. The maximum absolute atomic E-state index is 10.7. The van der Waals surface area contributed by atoms with Gasteiger partial charge in [-0.05, 0) is 6.92 Å². The van der Waals surface area contributed by atoms with Crippen molar-refractivity contribution in [2.75, 3.05) is 20.1 Å². The molecule has 5 nitrogen and oxygen atoms in total. The minimum absolute atomic E-state index is 0.124. The number of amides is 1. The highest BCUT2D eigenvalue weighted by Crippen LogP contribution is 1.89. The van der Waals surface area contributed by atoms with E-state index in [-0.39, 0.29) is 18.0 Å². The first kappa shape index (κ1) is 11.6. The van der Waals surface area contributed by atoms with Crippen molar-refractivity contribution < 1.29 is 14.7 Å². The second kappa shape index (κ2) is 6.19. The lowest BCUT2D eigenvalue weighted by atomic mass is 10.3. The summed E-state index contributed by atoms with van der Waals surface area (Å²) < 4.78 is 0. The summed E-state index contributed by atoms with van der Waals surface area (Å²) in [5, 5.41) is 13.7. The molecule has 0 spiro atoms. The smallest absolute Gasteiger partial charge is 0.330 e. The molecule has 3 N–H and O–H groups in total. The van der Waals surface area contributed by atoms with E-state index < -0.39 is 5.97 Å². The molecule has 0 heterocycles. The van der Waals surface area contributed by atoms with Crippen molar-refractivity contribution in [2.24, 2.45) is 0 Å². The van der Waals surface area contributed by atoms with Gasteiger partial charge in [0, 0.05) is 19.2 Å². The maximum Gasteiger partial charge on any atom is 0.330 e. The van der Waals surface area contributed by atoms with Crippen molar-refractivity contribution in [3.8, 4) is 0 Å². The minimum Gasteiger partial charge on any atom is -0.478 e. The molecule has 0 radical (unpaired) electrons. The Balaban J connectivity index is 3.61. The summed E-state index contributed by atoms with van der Waals surface area (Å²) in [6, 6.07) is 0. The van der Waals surface area contributed by atoms with Crippen molar-refractivity contribution in [2.45, 2.75) is 6.92 Å². The number of carbonyl (C=O) groups is 2. The van der Waals surface area contributed by atoms with Gasteiger partial charge in [-0.3, -0.25) is 4.79 Å². The summed E-state index contributed by atoms with van der Waals surface area (Å²) in [6.45, 7) is 2.08. The van der Waals surface area contributed by atoms with E-state index in [0.717, 1.165) is 0 Å². The van der Waals surface area contributed by atoms with Crippen molar-refractivity contribution in [1.29, 1.82) is 0 Å². The van der Waals surface area contributed by atoms with Crippen LogP contribution >= 0.6 is 0 Å². The molecule has 0 fully saturated rings. The Kier molecular flexibility index (Phi) is 5.54.